The van der Waals surface area contributed by atoms with Crippen molar-refractivity contribution in [3.63, 3.8) is 0 Å². The van der Waals surface area contributed by atoms with Crippen LogP contribution in [-0.2, 0) is 0 Å². The van der Waals surface area contributed by atoms with Crippen molar-refractivity contribution in [3.8, 4) is 0 Å². The largest absolute Gasteiger partial charge is 0.315 e. The van der Waals surface area contributed by atoms with Crippen LogP contribution in [-0.4, -0.2) is 37.1 Å². The van der Waals surface area contributed by atoms with E-state index in [1.807, 2.05) is 0 Å². The Labute approximate surface area is 89.1 Å². The van der Waals surface area contributed by atoms with E-state index in [2.05, 4.69) is 38.0 Å². The highest BCUT2D eigenvalue weighted by molar-refractivity contribution is 4.88. The molecule has 1 atom stereocenters. The van der Waals surface area contributed by atoms with Crippen LogP contribution in [0.4, 0.5) is 0 Å². The zero-order chi connectivity index (χ0) is 10.6. The number of rotatable bonds is 7. The fourth-order valence-corrected chi connectivity index (χ4v) is 2.03. The molecule has 0 bridgehead atoms. The van der Waals surface area contributed by atoms with E-state index in [9.17, 15) is 0 Å². The van der Waals surface area contributed by atoms with Crippen LogP contribution in [0.15, 0.2) is 0 Å². The summed E-state index contributed by atoms with van der Waals surface area (Å²) in [6.45, 7) is 9.19. The third-order valence-corrected chi connectivity index (χ3v) is 3.20. The minimum atomic E-state index is 0.717. The summed E-state index contributed by atoms with van der Waals surface area (Å²) in [5.41, 5.74) is 0. The fraction of sp³-hybridized carbons (Fsp3) is 1.00. The van der Waals surface area contributed by atoms with E-state index in [1.165, 1.54) is 19.3 Å². The fourth-order valence-electron chi connectivity index (χ4n) is 2.03. The molecule has 0 radical (unpaired) electrons. The summed E-state index contributed by atoms with van der Waals surface area (Å²) < 4.78 is 0. The van der Waals surface area contributed by atoms with Crippen molar-refractivity contribution in [2.45, 2.75) is 52.1 Å². The zero-order valence-corrected chi connectivity index (χ0v) is 10.2. The Morgan fingerprint density at radius 2 is 2.00 bits per heavy atom. The molecular formula is C12H26N2. The number of hydrogen-bond acceptors (Lipinski definition) is 2. The van der Waals surface area contributed by atoms with Gasteiger partial charge >= 0.3 is 0 Å². The van der Waals surface area contributed by atoms with Gasteiger partial charge in [0.15, 0.2) is 0 Å². The SMILES string of the molecule is CCCNCC(C(C)C)N(C)C1CC1. The molecule has 1 aliphatic carbocycles. The molecule has 1 aliphatic rings. The van der Waals surface area contributed by atoms with Gasteiger partial charge in [0.1, 0.15) is 0 Å². The summed E-state index contributed by atoms with van der Waals surface area (Å²) in [5.74, 6) is 0.755. The Kier molecular flexibility index (Phi) is 4.90. The summed E-state index contributed by atoms with van der Waals surface area (Å²) in [6.07, 6.45) is 4.05. The number of nitrogens with one attached hydrogen (secondary N) is 1. The maximum absolute atomic E-state index is 3.54. The lowest BCUT2D eigenvalue weighted by Gasteiger charge is -2.31. The standard InChI is InChI=1S/C12H26N2/c1-5-8-13-9-12(10(2)3)14(4)11-6-7-11/h10-13H,5-9H2,1-4H3. The molecule has 0 heterocycles. The van der Waals surface area contributed by atoms with E-state index < -0.39 is 0 Å². The van der Waals surface area contributed by atoms with Gasteiger partial charge in [-0.15, -0.1) is 0 Å². The average molecular weight is 198 g/mol. The van der Waals surface area contributed by atoms with Gasteiger partial charge in [-0.25, -0.2) is 0 Å². The second-order valence-electron chi connectivity index (χ2n) is 4.91. The Bertz CT molecular complexity index is 152. The molecule has 1 rings (SSSR count). The Hall–Kier alpha value is -0.0800. The zero-order valence-electron chi connectivity index (χ0n) is 10.2. The van der Waals surface area contributed by atoms with Gasteiger partial charge in [-0.1, -0.05) is 20.8 Å². The first kappa shape index (κ1) is 12.0. The van der Waals surface area contributed by atoms with Crippen molar-refractivity contribution in [3.05, 3.63) is 0 Å². The minimum Gasteiger partial charge on any atom is -0.315 e. The third-order valence-electron chi connectivity index (χ3n) is 3.20. The lowest BCUT2D eigenvalue weighted by atomic mass is 10.0. The predicted octanol–water partition coefficient (Wildman–Crippen LogP) is 2.10. The summed E-state index contributed by atoms with van der Waals surface area (Å²) in [4.78, 5) is 2.58. The molecule has 0 aromatic heterocycles. The predicted molar refractivity (Wildman–Crippen MR) is 62.6 cm³/mol. The van der Waals surface area contributed by atoms with Crippen molar-refractivity contribution in [1.29, 1.82) is 0 Å². The van der Waals surface area contributed by atoms with E-state index in [0.29, 0.717) is 6.04 Å². The van der Waals surface area contributed by atoms with Crippen LogP contribution in [0, 0.1) is 5.92 Å². The van der Waals surface area contributed by atoms with E-state index in [4.69, 9.17) is 0 Å². The van der Waals surface area contributed by atoms with Gasteiger partial charge in [-0.2, -0.15) is 0 Å². The van der Waals surface area contributed by atoms with E-state index >= 15 is 0 Å². The number of nitrogens with zero attached hydrogens (tertiary/aromatic N) is 1. The average Bonchev–Trinajstić information content (AvgIpc) is 2.93. The van der Waals surface area contributed by atoms with Gasteiger partial charge in [0.05, 0.1) is 0 Å². The third kappa shape index (κ3) is 3.58. The van der Waals surface area contributed by atoms with E-state index in [1.54, 1.807) is 0 Å². The topological polar surface area (TPSA) is 15.3 Å². The molecule has 1 N–H and O–H groups in total. The van der Waals surface area contributed by atoms with Crippen LogP contribution in [0.1, 0.15) is 40.0 Å². The molecule has 2 heteroatoms. The monoisotopic (exact) mass is 198 g/mol. The molecule has 0 aliphatic heterocycles. The lowest BCUT2D eigenvalue weighted by Crippen LogP contribution is -2.44. The Morgan fingerprint density at radius 1 is 1.36 bits per heavy atom. The van der Waals surface area contributed by atoms with Crippen LogP contribution in [0.3, 0.4) is 0 Å². The number of hydrogen-bond donors (Lipinski definition) is 1. The Balaban J connectivity index is 2.29. The van der Waals surface area contributed by atoms with Gasteiger partial charge in [-0.3, -0.25) is 4.90 Å². The van der Waals surface area contributed by atoms with E-state index in [-0.39, 0.29) is 0 Å². The highest BCUT2D eigenvalue weighted by Gasteiger charge is 2.31. The first-order valence-corrected chi connectivity index (χ1v) is 6.09. The smallest absolute Gasteiger partial charge is 0.0243 e. The maximum atomic E-state index is 3.54. The molecule has 1 saturated carbocycles. The molecule has 0 spiro atoms. The highest BCUT2D eigenvalue weighted by Crippen LogP contribution is 2.28. The van der Waals surface area contributed by atoms with Crippen LogP contribution >= 0.6 is 0 Å². The van der Waals surface area contributed by atoms with Crippen LogP contribution < -0.4 is 5.32 Å². The molecule has 0 amide bonds. The van der Waals surface area contributed by atoms with Crippen molar-refractivity contribution < 1.29 is 0 Å². The summed E-state index contributed by atoms with van der Waals surface area (Å²) in [7, 11) is 2.29. The van der Waals surface area contributed by atoms with Crippen molar-refractivity contribution in [2.24, 2.45) is 5.92 Å². The van der Waals surface area contributed by atoms with Crippen LogP contribution in [0.5, 0.6) is 0 Å². The van der Waals surface area contributed by atoms with Gasteiger partial charge in [0.2, 0.25) is 0 Å². The van der Waals surface area contributed by atoms with Gasteiger partial charge in [0.25, 0.3) is 0 Å². The molecule has 14 heavy (non-hydrogen) atoms. The minimum absolute atomic E-state index is 0.717. The normalized spacial score (nSPS) is 19.3. The number of likely N-dealkylation sites (N-methyl/N-ethyl adjacent to an activating group) is 1. The van der Waals surface area contributed by atoms with Gasteiger partial charge in [0, 0.05) is 18.6 Å². The molecule has 84 valence electrons. The van der Waals surface area contributed by atoms with Gasteiger partial charge < -0.3 is 5.32 Å². The van der Waals surface area contributed by atoms with Crippen molar-refractivity contribution in [1.82, 2.24) is 10.2 Å². The lowest BCUT2D eigenvalue weighted by molar-refractivity contribution is 0.179. The highest BCUT2D eigenvalue weighted by atomic mass is 15.2. The first-order valence-electron chi connectivity index (χ1n) is 6.09. The van der Waals surface area contributed by atoms with Gasteiger partial charge in [-0.05, 0) is 38.8 Å². The van der Waals surface area contributed by atoms with Crippen molar-refractivity contribution in [2.75, 3.05) is 20.1 Å². The first-order chi connectivity index (χ1) is 6.66. The molecule has 0 aromatic rings. The molecule has 0 aromatic carbocycles. The summed E-state index contributed by atoms with van der Waals surface area (Å²) >= 11 is 0. The van der Waals surface area contributed by atoms with Crippen LogP contribution in [0.25, 0.3) is 0 Å². The quantitative estimate of drug-likeness (QED) is 0.630. The van der Waals surface area contributed by atoms with Crippen molar-refractivity contribution >= 4 is 0 Å². The maximum Gasteiger partial charge on any atom is 0.0243 e. The molecular weight excluding hydrogens is 172 g/mol. The second-order valence-corrected chi connectivity index (χ2v) is 4.91. The molecule has 1 unspecified atom stereocenters. The van der Waals surface area contributed by atoms with Crippen LogP contribution in [0.2, 0.25) is 0 Å². The Morgan fingerprint density at radius 3 is 2.43 bits per heavy atom. The summed E-state index contributed by atoms with van der Waals surface area (Å²) in [5, 5.41) is 3.54. The second kappa shape index (κ2) is 5.72. The molecule has 0 saturated heterocycles. The summed E-state index contributed by atoms with van der Waals surface area (Å²) in [6, 6.07) is 1.60. The molecule has 1 fully saturated rings. The van der Waals surface area contributed by atoms with E-state index in [0.717, 1.165) is 25.0 Å². The molecule has 2 nitrogen and oxygen atoms in total.